The van der Waals surface area contributed by atoms with Gasteiger partial charge in [-0.1, -0.05) is 28.1 Å². The van der Waals surface area contributed by atoms with Gasteiger partial charge in [-0.15, -0.1) is 11.3 Å². The Hall–Kier alpha value is -2.25. The van der Waals surface area contributed by atoms with Crippen molar-refractivity contribution < 1.29 is 9.53 Å². The van der Waals surface area contributed by atoms with Crippen molar-refractivity contribution in [2.75, 3.05) is 13.1 Å². The molecule has 31 heavy (non-hydrogen) atoms. The van der Waals surface area contributed by atoms with Crippen LogP contribution < -0.4 is 0 Å². The number of carbonyl (C=O) groups excluding carboxylic acids is 1. The molecule has 5 nitrogen and oxygen atoms in total. The van der Waals surface area contributed by atoms with E-state index in [1.54, 1.807) is 0 Å². The highest BCUT2D eigenvalue weighted by Gasteiger charge is 2.23. The Labute approximate surface area is 195 Å². The first kappa shape index (κ1) is 22.0. The average molecular weight is 500 g/mol. The fraction of sp³-hybridized carbons (Fsp3) is 0.375. The van der Waals surface area contributed by atoms with E-state index in [-0.39, 0.29) is 12.1 Å². The minimum Gasteiger partial charge on any atom is -0.459 e. The number of esters is 1. The predicted octanol–water partition coefficient (Wildman–Crippen LogP) is 6.75. The normalized spacial score (nSPS) is 14.7. The zero-order valence-electron chi connectivity index (χ0n) is 18.0. The molecule has 3 aromatic rings. The maximum atomic E-state index is 12.9. The number of pyridine rings is 1. The predicted molar refractivity (Wildman–Crippen MR) is 132 cm³/mol. The molecule has 1 aliphatic heterocycles. The first-order valence-corrected chi connectivity index (χ1v) is 12.2. The van der Waals surface area contributed by atoms with Crippen molar-refractivity contribution in [1.82, 2.24) is 9.88 Å². The molecule has 3 heterocycles. The number of ether oxygens (including phenoxy) is 1. The summed E-state index contributed by atoms with van der Waals surface area (Å²) in [7, 11) is 0. The van der Waals surface area contributed by atoms with Crippen molar-refractivity contribution in [3.05, 3.63) is 45.2 Å². The summed E-state index contributed by atoms with van der Waals surface area (Å²) in [6, 6.07) is 10.1. The van der Waals surface area contributed by atoms with Crippen molar-refractivity contribution in [2.24, 2.45) is 4.99 Å². The van der Waals surface area contributed by atoms with E-state index in [1.165, 1.54) is 30.6 Å². The Kier molecular flexibility index (Phi) is 6.72. The number of benzene rings is 1. The molecule has 0 radical (unpaired) electrons. The highest BCUT2D eigenvalue weighted by molar-refractivity contribution is 9.10. The molecule has 0 amide bonds. The second-order valence-electron chi connectivity index (χ2n) is 8.09. The van der Waals surface area contributed by atoms with Gasteiger partial charge in [0, 0.05) is 28.5 Å². The minimum absolute atomic E-state index is 0.191. The number of fused-ring (bicyclic) bond motifs is 1. The van der Waals surface area contributed by atoms with Gasteiger partial charge in [-0.05, 0) is 63.8 Å². The molecule has 2 aromatic heterocycles. The number of halogens is 1. The largest absolute Gasteiger partial charge is 0.459 e. The maximum absolute atomic E-state index is 12.9. The molecule has 1 aromatic carbocycles. The minimum atomic E-state index is -0.339. The van der Waals surface area contributed by atoms with Gasteiger partial charge < -0.3 is 9.64 Å². The van der Waals surface area contributed by atoms with Gasteiger partial charge in [0.05, 0.1) is 23.8 Å². The molecule has 1 saturated heterocycles. The van der Waals surface area contributed by atoms with Crippen LogP contribution in [0.1, 0.15) is 48.3 Å². The third kappa shape index (κ3) is 4.99. The molecular weight excluding hydrogens is 474 g/mol. The van der Waals surface area contributed by atoms with Crippen LogP contribution in [0.3, 0.4) is 0 Å². The summed E-state index contributed by atoms with van der Waals surface area (Å²) < 4.78 is 6.54. The highest BCUT2D eigenvalue weighted by Crippen LogP contribution is 2.41. The topological polar surface area (TPSA) is 54.8 Å². The number of aryl methyl sites for hydroxylation is 1. The molecule has 7 heteroatoms. The Bertz CT molecular complexity index is 1120. The highest BCUT2D eigenvalue weighted by atomic mass is 79.9. The molecule has 4 rings (SSSR count). The molecule has 162 valence electrons. The fourth-order valence-corrected chi connectivity index (χ4v) is 5.08. The Balaban J connectivity index is 1.80. The number of nitrogens with zero attached hydrogens (tertiary/aromatic N) is 3. The number of thiophene rings is 1. The quantitative estimate of drug-likeness (QED) is 0.221. The average Bonchev–Trinajstić information content (AvgIpc) is 3.12. The third-order valence-electron chi connectivity index (χ3n) is 5.24. The van der Waals surface area contributed by atoms with Crippen molar-refractivity contribution in [3.63, 3.8) is 0 Å². The van der Waals surface area contributed by atoms with Gasteiger partial charge in [0.15, 0.2) is 0 Å². The number of carbonyl (C=O) groups is 1. The van der Waals surface area contributed by atoms with Crippen molar-refractivity contribution in [1.29, 1.82) is 0 Å². The van der Waals surface area contributed by atoms with E-state index in [4.69, 9.17) is 14.7 Å². The zero-order chi connectivity index (χ0) is 22.0. The Morgan fingerprint density at radius 1 is 1.23 bits per heavy atom. The zero-order valence-corrected chi connectivity index (χ0v) is 20.4. The number of rotatable bonds is 5. The monoisotopic (exact) mass is 499 g/mol. The van der Waals surface area contributed by atoms with Crippen LogP contribution in [-0.2, 0) is 4.74 Å². The summed E-state index contributed by atoms with van der Waals surface area (Å²) in [6.07, 6.45) is 5.31. The van der Waals surface area contributed by atoms with E-state index in [9.17, 15) is 4.79 Å². The second kappa shape index (κ2) is 9.49. The number of hydrogen-bond donors (Lipinski definition) is 0. The van der Waals surface area contributed by atoms with E-state index in [2.05, 4.69) is 33.8 Å². The summed E-state index contributed by atoms with van der Waals surface area (Å²) in [5, 5.41) is 0.926. The lowest BCUT2D eigenvalue weighted by Crippen LogP contribution is -2.28. The first-order valence-electron chi connectivity index (χ1n) is 10.6. The molecule has 0 atom stereocenters. The summed E-state index contributed by atoms with van der Waals surface area (Å²) in [4.78, 5) is 26.1. The smallest absolute Gasteiger partial charge is 0.350 e. The molecular formula is C24H26BrN3O2S. The summed E-state index contributed by atoms with van der Waals surface area (Å²) in [5.74, 6) is -0.339. The number of piperidine rings is 1. The van der Waals surface area contributed by atoms with Crippen LogP contribution in [0.2, 0.25) is 0 Å². The van der Waals surface area contributed by atoms with Crippen LogP contribution >= 0.6 is 27.3 Å². The van der Waals surface area contributed by atoms with E-state index >= 15 is 0 Å². The van der Waals surface area contributed by atoms with E-state index < -0.39 is 0 Å². The van der Waals surface area contributed by atoms with Gasteiger partial charge in [0.1, 0.15) is 9.71 Å². The molecule has 0 bridgehead atoms. The lowest BCUT2D eigenvalue weighted by molar-refractivity contribution is 0.0385. The summed E-state index contributed by atoms with van der Waals surface area (Å²) >= 11 is 4.84. The summed E-state index contributed by atoms with van der Waals surface area (Å²) in [6.45, 7) is 7.77. The van der Waals surface area contributed by atoms with Crippen molar-refractivity contribution >= 4 is 55.5 Å². The number of hydrogen-bond acceptors (Lipinski definition) is 5. The van der Waals surface area contributed by atoms with Gasteiger partial charge in [0.2, 0.25) is 0 Å². The maximum Gasteiger partial charge on any atom is 0.350 e. The molecule has 1 fully saturated rings. The molecule has 0 saturated carbocycles. The SMILES string of the molecule is Cc1cc(-c2ccc(Br)cc2)nc2sc(C(=O)OC(C)C)c(N=CN3CCCCC3)c12. The van der Waals surface area contributed by atoms with E-state index in [1.807, 2.05) is 44.5 Å². The van der Waals surface area contributed by atoms with Gasteiger partial charge in [-0.2, -0.15) is 0 Å². The van der Waals surface area contributed by atoms with Crippen LogP contribution in [0.15, 0.2) is 39.8 Å². The number of aromatic nitrogens is 1. The molecule has 0 spiro atoms. The molecule has 1 aliphatic rings. The summed E-state index contributed by atoms with van der Waals surface area (Å²) in [5.41, 5.74) is 3.64. The molecule has 0 unspecified atom stereocenters. The lowest BCUT2D eigenvalue weighted by Gasteiger charge is -2.23. The van der Waals surface area contributed by atoms with Crippen molar-refractivity contribution in [2.45, 2.75) is 46.1 Å². The Morgan fingerprint density at radius 3 is 2.61 bits per heavy atom. The van der Waals surface area contributed by atoms with E-state index in [0.29, 0.717) is 10.6 Å². The number of aliphatic imine (C=N–C) groups is 1. The van der Waals surface area contributed by atoms with Crippen molar-refractivity contribution in [3.8, 4) is 11.3 Å². The van der Waals surface area contributed by atoms with Gasteiger partial charge in [-0.3, -0.25) is 0 Å². The van der Waals surface area contributed by atoms with Gasteiger partial charge >= 0.3 is 5.97 Å². The van der Waals surface area contributed by atoms with E-state index in [0.717, 1.165) is 44.6 Å². The van der Waals surface area contributed by atoms with Crippen LogP contribution in [0.5, 0.6) is 0 Å². The van der Waals surface area contributed by atoms with Gasteiger partial charge in [-0.25, -0.2) is 14.8 Å². The standard InChI is InChI=1S/C24H26BrN3O2S/c1-15(2)30-24(29)22-21(26-14-28-11-5-4-6-12-28)20-16(3)13-19(27-23(20)31-22)17-7-9-18(25)10-8-17/h7-10,13-15H,4-6,11-12H2,1-3H3. The number of likely N-dealkylation sites (tertiary alicyclic amines) is 1. The molecule has 0 N–H and O–H groups in total. The van der Waals surface area contributed by atoms with Crippen LogP contribution in [0, 0.1) is 6.92 Å². The van der Waals surface area contributed by atoms with Crippen LogP contribution in [0.4, 0.5) is 5.69 Å². The molecule has 0 aliphatic carbocycles. The first-order chi connectivity index (χ1) is 14.9. The fourth-order valence-electron chi connectivity index (χ4n) is 3.73. The van der Waals surface area contributed by atoms with Gasteiger partial charge in [0.25, 0.3) is 0 Å². The van der Waals surface area contributed by atoms with Crippen LogP contribution in [0.25, 0.3) is 21.5 Å². The van der Waals surface area contributed by atoms with Crippen LogP contribution in [-0.4, -0.2) is 41.4 Å². The lowest BCUT2D eigenvalue weighted by atomic mass is 10.1. The Morgan fingerprint density at radius 2 is 1.94 bits per heavy atom. The third-order valence-corrected chi connectivity index (χ3v) is 6.82. The second-order valence-corrected chi connectivity index (χ2v) is 10.0.